The van der Waals surface area contributed by atoms with Crippen LogP contribution in [0.1, 0.15) is 11.4 Å². The fourth-order valence-corrected chi connectivity index (χ4v) is 3.93. The van der Waals surface area contributed by atoms with E-state index < -0.39 is 0 Å². The fraction of sp³-hybridized carbons (Fsp3) is 0.136. The molecular weight excluding hydrogens is 338 g/mol. The third kappa shape index (κ3) is 3.75. The predicted octanol–water partition coefficient (Wildman–Crippen LogP) is 5.15. The van der Waals surface area contributed by atoms with Crippen LogP contribution in [-0.4, -0.2) is 9.55 Å². The van der Waals surface area contributed by atoms with Gasteiger partial charge < -0.3 is 10.3 Å². The van der Waals surface area contributed by atoms with Gasteiger partial charge in [0, 0.05) is 17.1 Å². The SMILES string of the molecule is Nc1ccc(SCc2nc3ccccc3n2CCc2ccccc2)cc1. The van der Waals surface area contributed by atoms with E-state index in [2.05, 4.69) is 65.2 Å². The number of aromatic nitrogens is 2. The number of benzene rings is 3. The van der Waals surface area contributed by atoms with Crippen LogP contribution in [0.5, 0.6) is 0 Å². The second-order valence-electron chi connectivity index (χ2n) is 6.26. The van der Waals surface area contributed by atoms with E-state index in [0.29, 0.717) is 0 Å². The number of nitrogens with two attached hydrogens (primary N) is 1. The molecule has 4 heteroatoms. The van der Waals surface area contributed by atoms with Crippen LogP contribution in [-0.2, 0) is 18.7 Å². The number of para-hydroxylation sites is 2. The van der Waals surface area contributed by atoms with Gasteiger partial charge in [-0.3, -0.25) is 0 Å². The molecule has 0 amide bonds. The molecule has 0 saturated heterocycles. The summed E-state index contributed by atoms with van der Waals surface area (Å²) in [6.45, 7) is 0.933. The van der Waals surface area contributed by atoms with Crippen LogP contribution < -0.4 is 5.73 Å². The number of hydrogen-bond donors (Lipinski definition) is 1. The van der Waals surface area contributed by atoms with Gasteiger partial charge >= 0.3 is 0 Å². The van der Waals surface area contributed by atoms with E-state index in [1.165, 1.54) is 16.0 Å². The number of nitrogens with zero attached hydrogens (tertiary/aromatic N) is 2. The molecule has 0 aliphatic heterocycles. The van der Waals surface area contributed by atoms with Crippen molar-refractivity contribution in [1.82, 2.24) is 9.55 Å². The highest BCUT2D eigenvalue weighted by atomic mass is 32.2. The molecule has 0 bridgehead atoms. The van der Waals surface area contributed by atoms with Crippen LogP contribution >= 0.6 is 11.8 Å². The monoisotopic (exact) mass is 359 g/mol. The van der Waals surface area contributed by atoms with Crippen molar-refractivity contribution in [1.29, 1.82) is 0 Å². The summed E-state index contributed by atoms with van der Waals surface area (Å²) >= 11 is 1.79. The number of fused-ring (bicyclic) bond motifs is 1. The highest BCUT2D eigenvalue weighted by Crippen LogP contribution is 2.26. The molecule has 0 aliphatic carbocycles. The van der Waals surface area contributed by atoms with E-state index in [4.69, 9.17) is 10.7 Å². The van der Waals surface area contributed by atoms with Gasteiger partial charge in [0.15, 0.2) is 0 Å². The first-order chi connectivity index (χ1) is 12.8. The molecule has 1 aromatic heterocycles. The van der Waals surface area contributed by atoms with Crippen LogP contribution in [0, 0.1) is 0 Å². The first-order valence-electron chi connectivity index (χ1n) is 8.76. The van der Waals surface area contributed by atoms with Crippen LogP contribution in [0.3, 0.4) is 0 Å². The van der Waals surface area contributed by atoms with E-state index in [1.54, 1.807) is 11.8 Å². The quantitative estimate of drug-likeness (QED) is 0.382. The van der Waals surface area contributed by atoms with Crippen molar-refractivity contribution in [3.05, 3.63) is 90.3 Å². The van der Waals surface area contributed by atoms with Gasteiger partial charge in [-0.2, -0.15) is 0 Å². The molecule has 4 rings (SSSR count). The summed E-state index contributed by atoms with van der Waals surface area (Å²) in [4.78, 5) is 6.08. The lowest BCUT2D eigenvalue weighted by Gasteiger charge is -2.10. The van der Waals surface area contributed by atoms with Gasteiger partial charge in [0.1, 0.15) is 5.82 Å². The summed E-state index contributed by atoms with van der Waals surface area (Å²) in [5.41, 5.74) is 10.2. The van der Waals surface area contributed by atoms with Gasteiger partial charge in [-0.15, -0.1) is 11.8 Å². The first kappa shape index (κ1) is 16.7. The van der Waals surface area contributed by atoms with Gasteiger partial charge in [0.05, 0.1) is 16.8 Å². The van der Waals surface area contributed by atoms with E-state index in [0.717, 1.165) is 35.7 Å². The zero-order valence-electron chi connectivity index (χ0n) is 14.5. The molecule has 0 radical (unpaired) electrons. The lowest BCUT2D eigenvalue weighted by Crippen LogP contribution is -2.05. The molecular formula is C22H21N3S. The van der Waals surface area contributed by atoms with Crippen molar-refractivity contribution in [3.8, 4) is 0 Å². The van der Waals surface area contributed by atoms with Crippen molar-refractivity contribution in [2.45, 2.75) is 23.6 Å². The molecule has 2 N–H and O–H groups in total. The van der Waals surface area contributed by atoms with Gasteiger partial charge in [0.2, 0.25) is 0 Å². The largest absolute Gasteiger partial charge is 0.399 e. The molecule has 26 heavy (non-hydrogen) atoms. The smallest absolute Gasteiger partial charge is 0.120 e. The lowest BCUT2D eigenvalue weighted by atomic mass is 10.1. The second-order valence-corrected chi connectivity index (χ2v) is 7.31. The van der Waals surface area contributed by atoms with Gasteiger partial charge in [-0.05, 0) is 48.4 Å². The number of rotatable bonds is 6. The summed E-state index contributed by atoms with van der Waals surface area (Å²) in [6, 6.07) is 27.0. The number of aryl methyl sites for hydroxylation is 2. The lowest BCUT2D eigenvalue weighted by molar-refractivity contribution is 0.689. The Bertz CT molecular complexity index is 991. The maximum absolute atomic E-state index is 5.78. The molecule has 4 aromatic rings. The zero-order chi connectivity index (χ0) is 17.8. The first-order valence-corrected chi connectivity index (χ1v) is 9.74. The zero-order valence-corrected chi connectivity index (χ0v) is 15.3. The standard InChI is InChI=1S/C22H21N3S/c23-18-10-12-19(13-11-18)26-16-22-24-20-8-4-5-9-21(20)25(22)15-14-17-6-2-1-3-7-17/h1-13H,14-16,23H2. The van der Waals surface area contributed by atoms with Crippen molar-refractivity contribution >= 4 is 28.5 Å². The number of thioether (sulfide) groups is 1. The maximum atomic E-state index is 5.78. The minimum Gasteiger partial charge on any atom is -0.399 e. The average Bonchev–Trinajstić information content (AvgIpc) is 3.04. The maximum Gasteiger partial charge on any atom is 0.120 e. The molecule has 0 fully saturated rings. The Kier molecular flexibility index (Phi) is 4.93. The Balaban J connectivity index is 1.57. The predicted molar refractivity (Wildman–Crippen MR) is 110 cm³/mol. The molecule has 0 saturated carbocycles. The van der Waals surface area contributed by atoms with Gasteiger partial charge in [0.25, 0.3) is 0 Å². The summed E-state index contributed by atoms with van der Waals surface area (Å²) in [7, 11) is 0. The summed E-state index contributed by atoms with van der Waals surface area (Å²) < 4.78 is 2.35. The minimum absolute atomic E-state index is 0.796. The molecule has 130 valence electrons. The third-order valence-electron chi connectivity index (χ3n) is 4.45. The highest BCUT2D eigenvalue weighted by Gasteiger charge is 2.11. The summed E-state index contributed by atoms with van der Waals surface area (Å²) in [6.07, 6.45) is 1.00. The molecule has 3 aromatic carbocycles. The molecule has 0 aliphatic rings. The summed E-state index contributed by atoms with van der Waals surface area (Å²) in [5, 5.41) is 0. The van der Waals surface area contributed by atoms with Gasteiger partial charge in [-0.25, -0.2) is 4.98 Å². The van der Waals surface area contributed by atoms with E-state index in [-0.39, 0.29) is 0 Å². The molecule has 1 heterocycles. The van der Waals surface area contributed by atoms with Crippen molar-refractivity contribution < 1.29 is 0 Å². The van der Waals surface area contributed by atoms with E-state index in [1.807, 2.05) is 18.2 Å². The number of imidazole rings is 1. The second kappa shape index (κ2) is 7.67. The fourth-order valence-electron chi connectivity index (χ4n) is 3.08. The highest BCUT2D eigenvalue weighted by molar-refractivity contribution is 7.98. The van der Waals surface area contributed by atoms with Gasteiger partial charge in [-0.1, -0.05) is 42.5 Å². The van der Waals surface area contributed by atoms with Crippen molar-refractivity contribution in [3.63, 3.8) is 0 Å². The van der Waals surface area contributed by atoms with Crippen LogP contribution in [0.25, 0.3) is 11.0 Å². The Hall–Kier alpha value is -2.72. The number of hydrogen-bond acceptors (Lipinski definition) is 3. The number of nitrogen functional groups attached to an aromatic ring is 1. The molecule has 0 atom stereocenters. The minimum atomic E-state index is 0.796. The average molecular weight is 359 g/mol. The van der Waals surface area contributed by atoms with E-state index in [9.17, 15) is 0 Å². The molecule has 0 spiro atoms. The van der Waals surface area contributed by atoms with Crippen LogP contribution in [0.2, 0.25) is 0 Å². The topological polar surface area (TPSA) is 43.8 Å². The normalized spacial score (nSPS) is 11.1. The number of anilines is 1. The Morgan fingerprint density at radius 1 is 0.846 bits per heavy atom. The van der Waals surface area contributed by atoms with Crippen LogP contribution in [0.15, 0.2) is 83.8 Å². The third-order valence-corrected chi connectivity index (χ3v) is 5.46. The summed E-state index contributed by atoms with van der Waals surface area (Å²) in [5.74, 6) is 1.96. The molecule has 0 unspecified atom stereocenters. The van der Waals surface area contributed by atoms with E-state index >= 15 is 0 Å². The molecule has 3 nitrogen and oxygen atoms in total. The van der Waals surface area contributed by atoms with Crippen molar-refractivity contribution in [2.75, 3.05) is 5.73 Å². The van der Waals surface area contributed by atoms with Crippen molar-refractivity contribution in [2.24, 2.45) is 0 Å². The Morgan fingerprint density at radius 2 is 1.58 bits per heavy atom. The Morgan fingerprint density at radius 3 is 2.38 bits per heavy atom. The Labute approximate surface area is 157 Å². The van der Waals surface area contributed by atoms with Crippen LogP contribution in [0.4, 0.5) is 5.69 Å².